The zero-order valence-electron chi connectivity index (χ0n) is 15.5. The fourth-order valence-electron chi connectivity index (χ4n) is 4.11. The van der Waals surface area contributed by atoms with Crippen molar-refractivity contribution >= 4 is 38.3 Å². The lowest BCUT2D eigenvalue weighted by Crippen LogP contribution is -2.40. The van der Waals surface area contributed by atoms with Gasteiger partial charge in [0, 0.05) is 29.6 Å². The minimum Gasteiger partial charge on any atom is -0.268 e. The minimum absolute atomic E-state index is 0.169. The van der Waals surface area contributed by atoms with Crippen LogP contribution in [0.15, 0.2) is 65.6 Å². The molecule has 1 fully saturated rings. The molecule has 3 aromatic rings. The van der Waals surface area contributed by atoms with E-state index in [1.54, 1.807) is 24.3 Å². The molecule has 0 bridgehead atoms. The van der Waals surface area contributed by atoms with E-state index in [9.17, 15) is 18.0 Å². The fourth-order valence-corrected chi connectivity index (χ4v) is 5.63. The maximum Gasteiger partial charge on any atom is 0.265 e. The van der Waals surface area contributed by atoms with E-state index in [4.69, 9.17) is 0 Å². The number of carbonyl (C=O) groups excluding carboxylic acids is 2. The smallest absolute Gasteiger partial charge is 0.265 e. The molecule has 6 nitrogen and oxygen atoms in total. The number of anilines is 1. The summed E-state index contributed by atoms with van der Waals surface area (Å²) in [5.41, 5.74) is 1.28. The average molecular weight is 406 g/mol. The molecule has 0 unspecified atom stereocenters. The predicted molar refractivity (Wildman–Crippen MR) is 110 cm³/mol. The van der Waals surface area contributed by atoms with Crippen molar-refractivity contribution in [3.05, 3.63) is 71.8 Å². The van der Waals surface area contributed by atoms with Gasteiger partial charge in [-0.25, -0.2) is 13.3 Å². The Morgan fingerprint density at radius 3 is 1.83 bits per heavy atom. The van der Waals surface area contributed by atoms with Gasteiger partial charge < -0.3 is 0 Å². The van der Waals surface area contributed by atoms with E-state index in [1.807, 2.05) is 12.1 Å². The summed E-state index contributed by atoms with van der Waals surface area (Å²) in [5, 5.41) is 1.50. The molecular weight excluding hydrogens is 388 g/mol. The Bertz CT molecular complexity index is 1210. The highest BCUT2D eigenvalue weighted by Gasteiger charge is 2.34. The van der Waals surface area contributed by atoms with E-state index in [1.165, 1.54) is 28.6 Å². The molecule has 0 N–H and O–H groups in total. The van der Waals surface area contributed by atoms with Crippen LogP contribution in [-0.4, -0.2) is 37.6 Å². The molecule has 7 heteroatoms. The van der Waals surface area contributed by atoms with Crippen LogP contribution in [0.5, 0.6) is 0 Å². The molecule has 0 aromatic heterocycles. The van der Waals surface area contributed by atoms with Crippen molar-refractivity contribution < 1.29 is 18.0 Å². The van der Waals surface area contributed by atoms with Gasteiger partial charge in [0.15, 0.2) is 0 Å². The van der Waals surface area contributed by atoms with E-state index in [2.05, 4.69) is 0 Å². The molecule has 2 amide bonds. The SMILES string of the molecule is O=C1c2cccc3cccc(c23)C(=O)N1c1ccc(S(=O)(=O)N2CCCC2)cc1. The molecule has 2 heterocycles. The van der Waals surface area contributed by atoms with Crippen LogP contribution in [0, 0.1) is 0 Å². The first-order valence-electron chi connectivity index (χ1n) is 9.49. The molecule has 29 heavy (non-hydrogen) atoms. The van der Waals surface area contributed by atoms with Gasteiger partial charge >= 0.3 is 0 Å². The summed E-state index contributed by atoms with van der Waals surface area (Å²) in [5.74, 6) is -0.816. The summed E-state index contributed by atoms with van der Waals surface area (Å²) in [7, 11) is -3.55. The maximum absolute atomic E-state index is 13.1. The zero-order valence-corrected chi connectivity index (χ0v) is 16.4. The van der Waals surface area contributed by atoms with Crippen LogP contribution in [0.3, 0.4) is 0 Å². The van der Waals surface area contributed by atoms with Crippen molar-refractivity contribution in [1.82, 2.24) is 4.31 Å². The molecule has 1 saturated heterocycles. The van der Waals surface area contributed by atoms with Gasteiger partial charge in [0.2, 0.25) is 10.0 Å². The third-order valence-electron chi connectivity index (χ3n) is 5.57. The van der Waals surface area contributed by atoms with Gasteiger partial charge in [0.25, 0.3) is 11.8 Å². The molecule has 5 rings (SSSR count). The van der Waals surface area contributed by atoms with Crippen molar-refractivity contribution in [3.8, 4) is 0 Å². The lowest BCUT2D eigenvalue weighted by atomic mass is 9.94. The normalized spacial score (nSPS) is 17.3. The molecule has 0 radical (unpaired) electrons. The van der Waals surface area contributed by atoms with Gasteiger partial charge in [-0.05, 0) is 54.6 Å². The number of sulfonamides is 1. The summed E-state index contributed by atoms with van der Waals surface area (Å²) in [6.45, 7) is 1.04. The van der Waals surface area contributed by atoms with Crippen LogP contribution in [-0.2, 0) is 10.0 Å². The number of amides is 2. The number of nitrogens with zero attached hydrogens (tertiary/aromatic N) is 2. The first kappa shape index (κ1) is 18.0. The Labute approximate surface area is 168 Å². The van der Waals surface area contributed by atoms with Gasteiger partial charge in [-0.15, -0.1) is 0 Å². The molecule has 3 aromatic carbocycles. The number of hydrogen-bond acceptors (Lipinski definition) is 4. The molecule has 2 aliphatic rings. The van der Waals surface area contributed by atoms with Crippen molar-refractivity contribution in [2.24, 2.45) is 0 Å². The third-order valence-corrected chi connectivity index (χ3v) is 7.48. The maximum atomic E-state index is 13.1. The summed E-state index contributed by atoms with van der Waals surface area (Å²) in [6.07, 6.45) is 1.72. The first-order valence-corrected chi connectivity index (χ1v) is 10.9. The molecular formula is C22H18N2O4S. The van der Waals surface area contributed by atoms with Crippen molar-refractivity contribution in [2.45, 2.75) is 17.7 Å². The van der Waals surface area contributed by atoms with Gasteiger partial charge in [-0.1, -0.05) is 24.3 Å². The Balaban J connectivity index is 1.55. The van der Waals surface area contributed by atoms with Crippen molar-refractivity contribution in [2.75, 3.05) is 18.0 Å². The monoisotopic (exact) mass is 406 g/mol. The van der Waals surface area contributed by atoms with Crippen LogP contribution in [0.2, 0.25) is 0 Å². The van der Waals surface area contributed by atoms with Crippen LogP contribution in [0.4, 0.5) is 5.69 Å². The van der Waals surface area contributed by atoms with E-state index in [-0.39, 0.29) is 4.90 Å². The van der Waals surface area contributed by atoms with Crippen LogP contribution >= 0.6 is 0 Å². The van der Waals surface area contributed by atoms with E-state index >= 15 is 0 Å². The van der Waals surface area contributed by atoms with Crippen molar-refractivity contribution in [3.63, 3.8) is 0 Å². The second-order valence-corrected chi connectivity index (χ2v) is 9.20. The third kappa shape index (κ3) is 2.69. The van der Waals surface area contributed by atoms with Gasteiger partial charge in [-0.2, -0.15) is 4.31 Å². The first-order chi connectivity index (χ1) is 14.0. The van der Waals surface area contributed by atoms with E-state index < -0.39 is 21.8 Å². The zero-order chi connectivity index (χ0) is 20.2. The largest absolute Gasteiger partial charge is 0.268 e. The topological polar surface area (TPSA) is 74.8 Å². The lowest BCUT2D eigenvalue weighted by Gasteiger charge is -2.27. The van der Waals surface area contributed by atoms with Gasteiger partial charge in [0.1, 0.15) is 0 Å². The van der Waals surface area contributed by atoms with Crippen molar-refractivity contribution in [1.29, 1.82) is 0 Å². The number of hydrogen-bond donors (Lipinski definition) is 0. The molecule has 146 valence electrons. The lowest BCUT2D eigenvalue weighted by molar-refractivity contribution is 0.0893. The standard InChI is InChI=1S/C22H18N2O4S/c25-21-18-7-3-5-15-6-4-8-19(20(15)18)22(26)24(21)16-9-11-17(12-10-16)29(27,28)23-13-1-2-14-23/h3-12H,1-2,13-14H2. The molecule has 2 aliphatic heterocycles. The second-order valence-electron chi connectivity index (χ2n) is 7.26. The summed E-state index contributed by atoms with van der Waals surface area (Å²) in [4.78, 5) is 27.5. The highest BCUT2D eigenvalue weighted by atomic mass is 32.2. The van der Waals surface area contributed by atoms with Crippen LogP contribution in [0.1, 0.15) is 33.6 Å². The van der Waals surface area contributed by atoms with Gasteiger partial charge in [0.05, 0.1) is 10.6 Å². The average Bonchev–Trinajstić information content (AvgIpc) is 3.28. The highest BCUT2D eigenvalue weighted by molar-refractivity contribution is 7.89. The highest BCUT2D eigenvalue weighted by Crippen LogP contribution is 2.33. The Morgan fingerprint density at radius 2 is 1.28 bits per heavy atom. The summed E-state index contributed by atoms with van der Waals surface area (Å²) >= 11 is 0. The predicted octanol–water partition coefficient (Wildman–Crippen LogP) is 3.42. The number of carbonyl (C=O) groups is 2. The Morgan fingerprint density at radius 1 is 0.724 bits per heavy atom. The van der Waals surface area contributed by atoms with Crippen LogP contribution in [0.25, 0.3) is 10.8 Å². The summed E-state index contributed by atoms with van der Waals surface area (Å²) < 4.78 is 26.9. The number of imide groups is 1. The quantitative estimate of drug-likeness (QED) is 0.625. The minimum atomic E-state index is -3.55. The second kappa shape index (κ2) is 6.50. The summed E-state index contributed by atoms with van der Waals surface area (Å²) in [6, 6.07) is 16.7. The number of benzene rings is 3. The molecule has 0 spiro atoms. The molecule has 0 saturated carbocycles. The Hall–Kier alpha value is -3.03. The molecule has 0 atom stereocenters. The van der Waals surface area contributed by atoms with Gasteiger partial charge in [-0.3, -0.25) is 9.59 Å². The van der Waals surface area contributed by atoms with Crippen LogP contribution < -0.4 is 4.90 Å². The fraction of sp³-hybridized carbons (Fsp3) is 0.182. The van der Waals surface area contributed by atoms with E-state index in [0.717, 1.165) is 23.1 Å². The van der Waals surface area contributed by atoms with E-state index in [0.29, 0.717) is 35.3 Å². The molecule has 0 aliphatic carbocycles. The Kier molecular flexibility index (Phi) is 4.04. The number of rotatable bonds is 3.